The van der Waals surface area contributed by atoms with Crippen LogP contribution in [0.15, 0.2) is 35.9 Å². The third-order valence-corrected chi connectivity index (χ3v) is 5.14. The first-order chi connectivity index (χ1) is 14.3. The summed E-state index contributed by atoms with van der Waals surface area (Å²) >= 11 is 0. The molecular formula is C25H34O5. The van der Waals surface area contributed by atoms with E-state index in [1.54, 1.807) is 24.3 Å². The lowest BCUT2D eigenvalue weighted by atomic mass is 9.76. The van der Waals surface area contributed by atoms with E-state index in [9.17, 15) is 9.59 Å². The summed E-state index contributed by atoms with van der Waals surface area (Å²) in [4.78, 5) is 25.6. The van der Waals surface area contributed by atoms with E-state index in [1.807, 2.05) is 0 Å². The number of para-hydroxylation sites is 1. The maximum absolute atomic E-state index is 12.8. The van der Waals surface area contributed by atoms with Gasteiger partial charge in [0.15, 0.2) is 5.41 Å². The van der Waals surface area contributed by atoms with Crippen molar-refractivity contribution < 1.29 is 23.8 Å². The SMILES string of the molecule is C#CCCC(C(=O)OC)(C(=O)OC)c1ccccc1OCCC(C)CCC=C(C)C. The first kappa shape index (κ1) is 25.3. The fourth-order valence-electron chi connectivity index (χ4n) is 3.37. The van der Waals surface area contributed by atoms with E-state index in [4.69, 9.17) is 20.6 Å². The van der Waals surface area contributed by atoms with Gasteiger partial charge in [0.1, 0.15) is 5.75 Å². The van der Waals surface area contributed by atoms with Crippen LogP contribution in [-0.4, -0.2) is 32.8 Å². The highest BCUT2D eigenvalue weighted by Gasteiger charge is 2.51. The molecule has 1 unspecified atom stereocenters. The highest BCUT2D eigenvalue weighted by molar-refractivity contribution is 6.07. The minimum Gasteiger partial charge on any atom is -0.493 e. The van der Waals surface area contributed by atoms with Crippen molar-refractivity contribution in [3.63, 3.8) is 0 Å². The maximum atomic E-state index is 12.8. The second-order valence-corrected chi connectivity index (χ2v) is 7.69. The van der Waals surface area contributed by atoms with Crippen molar-refractivity contribution in [1.29, 1.82) is 0 Å². The van der Waals surface area contributed by atoms with Crippen molar-refractivity contribution in [2.75, 3.05) is 20.8 Å². The van der Waals surface area contributed by atoms with Crippen LogP contribution in [0.3, 0.4) is 0 Å². The highest BCUT2D eigenvalue weighted by atomic mass is 16.5. The monoisotopic (exact) mass is 414 g/mol. The summed E-state index contributed by atoms with van der Waals surface area (Å²) in [5.41, 5.74) is 0.0686. The summed E-state index contributed by atoms with van der Waals surface area (Å²) < 4.78 is 16.0. The third kappa shape index (κ3) is 6.66. The zero-order valence-corrected chi connectivity index (χ0v) is 18.8. The molecule has 0 aliphatic heterocycles. The number of esters is 2. The average Bonchev–Trinajstić information content (AvgIpc) is 2.74. The van der Waals surface area contributed by atoms with Gasteiger partial charge in [-0.15, -0.1) is 12.3 Å². The molecule has 0 aromatic heterocycles. The average molecular weight is 415 g/mol. The molecule has 0 bridgehead atoms. The van der Waals surface area contributed by atoms with Crippen molar-refractivity contribution in [2.45, 2.75) is 58.3 Å². The second kappa shape index (κ2) is 12.7. The molecule has 164 valence electrons. The smallest absolute Gasteiger partial charge is 0.327 e. The molecule has 5 nitrogen and oxygen atoms in total. The molecule has 0 spiro atoms. The Bertz CT molecular complexity index is 752. The molecule has 0 N–H and O–H groups in total. The fraction of sp³-hybridized carbons (Fsp3) is 0.520. The first-order valence-corrected chi connectivity index (χ1v) is 10.3. The molecule has 1 rings (SSSR count). The lowest BCUT2D eigenvalue weighted by molar-refractivity contribution is -0.162. The molecule has 0 aliphatic rings. The summed E-state index contributed by atoms with van der Waals surface area (Å²) in [6, 6.07) is 7.00. The van der Waals surface area contributed by atoms with Gasteiger partial charge < -0.3 is 14.2 Å². The van der Waals surface area contributed by atoms with Crippen LogP contribution in [0.2, 0.25) is 0 Å². The van der Waals surface area contributed by atoms with Crippen LogP contribution in [0.4, 0.5) is 0 Å². The van der Waals surface area contributed by atoms with Gasteiger partial charge in [-0.25, -0.2) is 0 Å². The number of ether oxygens (including phenoxy) is 3. The Morgan fingerprint density at radius 2 is 1.77 bits per heavy atom. The molecule has 1 aromatic carbocycles. The number of hydrogen-bond donors (Lipinski definition) is 0. The van der Waals surface area contributed by atoms with Crippen molar-refractivity contribution in [3.8, 4) is 18.1 Å². The summed E-state index contributed by atoms with van der Waals surface area (Å²) in [5, 5.41) is 0. The zero-order valence-electron chi connectivity index (χ0n) is 18.8. The normalized spacial score (nSPS) is 11.7. The number of rotatable bonds is 12. The molecule has 5 heteroatoms. The van der Waals surface area contributed by atoms with Crippen molar-refractivity contribution in [1.82, 2.24) is 0 Å². The Balaban J connectivity index is 3.09. The lowest BCUT2D eigenvalue weighted by Gasteiger charge is -2.29. The van der Waals surface area contributed by atoms with E-state index in [1.165, 1.54) is 19.8 Å². The Hall–Kier alpha value is -2.74. The molecule has 1 atom stereocenters. The lowest BCUT2D eigenvalue weighted by Crippen LogP contribution is -2.45. The number of benzene rings is 1. The van der Waals surface area contributed by atoms with Gasteiger partial charge >= 0.3 is 11.9 Å². The number of carbonyl (C=O) groups is 2. The Labute approximate surface area is 180 Å². The molecule has 0 fully saturated rings. The van der Waals surface area contributed by atoms with Crippen molar-refractivity contribution in [3.05, 3.63) is 41.5 Å². The van der Waals surface area contributed by atoms with E-state index >= 15 is 0 Å². The van der Waals surface area contributed by atoms with E-state index in [0.717, 1.165) is 19.3 Å². The standard InChI is InChI=1S/C25H34O5/c1-7-8-17-25(23(26)28-5,24(27)29-6)21-14-9-10-15-22(21)30-18-16-20(4)13-11-12-19(2)3/h1,9-10,12,14-15,20H,8,11,13,16-18H2,2-6H3. The van der Waals surface area contributed by atoms with Gasteiger partial charge in [-0.2, -0.15) is 0 Å². The molecule has 0 saturated carbocycles. The summed E-state index contributed by atoms with van der Waals surface area (Å²) in [7, 11) is 2.49. The molecule has 0 heterocycles. The number of methoxy groups -OCH3 is 2. The van der Waals surface area contributed by atoms with E-state index in [-0.39, 0.29) is 12.8 Å². The minimum atomic E-state index is -1.67. The van der Waals surface area contributed by atoms with Gasteiger partial charge in [-0.05, 0) is 51.5 Å². The summed E-state index contributed by atoms with van der Waals surface area (Å²) in [5.74, 6) is 2.02. The first-order valence-electron chi connectivity index (χ1n) is 10.3. The molecule has 0 saturated heterocycles. The van der Waals surface area contributed by atoms with Gasteiger partial charge in [-0.1, -0.05) is 36.8 Å². The van der Waals surface area contributed by atoms with Gasteiger partial charge in [0.05, 0.1) is 20.8 Å². The summed E-state index contributed by atoms with van der Waals surface area (Å²) in [6.07, 6.45) is 10.9. The molecular weight excluding hydrogens is 380 g/mol. The van der Waals surface area contributed by atoms with E-state index in [2.05, 4.69) is 32.8 Å². The zero-order chi connectivity index (χ0) is 22.6. The largest absolute Gasteiger partial charge is 0.493 e. The van der Waals surface area contributed by atoms with Crippen LogP contribution in [0.25, 0.3) is 0 Å². The Kier molecular flexibility index (Phi) is 10.7. The number of hydrogen-bond acceptors (Lipinski definition) is 5. The minimum absolute atomic E-state index is 0.0718. The maximum Gasteiger partial charge on any atom is 0.327 e. The quantitative estimate of drug-likeness (QED) is 0.212. The van der Waals surface area contributed by atoms with Gasteiger partial charge in [0.25, 0.3) is 0 Å². The molecule has 0 amide bonds. The predicted molar refractivity (Wildman–Crippen MR) is 118 cm³/mol. The van der Waals surface area contributed by atoms with Crippen LogP contribution < -0.4 is 4.74 Å². The van der Waals surface area contributed by atoms with E-state index < -0.39 is 17.4 Å². The number of carbonyl (C=O) groups excluding carboxylic acids is 2. The Morgan fingerprint density at radius 1 is 1.13 bits per heavy atom. The molecule has 1 aromatic rings. The van der Waals surface area contributed by atoms with Crippen LogP contribution in [0.5, 0.6) is 5.75 Å². The highest BCUT2D eigenvalue weighted by Crippen LogP contribution is 2.38. The summed E-state index contributed by atoms with van der Waals surface area (Å²) in [6.45, 7) is 6.86. The van der Waals surface area contributed by atoms with Crippen LogP contribution in [-0.2, 0) is 24.5 Å². The van der Waals surface area contributed by atoms with Gasteiger partial charge in [0, 0.05) is 12.0 Å². The van der Waals surface area contributed by atoms with Crippen molar-refractivity contribution >= 4 is 11.9 Å². The molecule has 0 aliphatic carbocycles. The molecule has 0 radical (unpaired) electrons. The van der Waals surface area contributed by atoms with Gasteiger partial charge in [-0.3, -0.25) is 9.59 Å². The van der Waals surface area contributed by atoms with Crippen LogP contribution in [0, 0.1) is 18.3 Å². The molecule has 30 heavy (non-hydrogen) atoms. The van der Waals surface area contributed by atoms with Crippen LogP contribution >= 0.6 is 0 Å². The number of terminal acetylenes is 1. The van der Waals surface area contributed by atoms with Gasteiger partial charge in [0.2, 0.25) is 0 Å². The van der Waals surface area contributed by atoms with E-state index in [0.29, 0.717) is 23.8 Å². The van der Waals surface area contributed by atoms with Crippen molar-refractivity contribution in [2.24, 2.45) is 5.92 Å². The second-order valence-electron chi connectivity index (χ2n) is 7.69. The topological polar surface area (TPSA) is 61.8 Å². The third-order valence-electron chi connectivity index (χ3n) is 5.14. The number of allylic oxidation sites excluding steroid dienone is 2. The predicted octanol–water partition coefficient (Wildman–Crippen LogP) is 4.84. The Morgan fingerprint density at radius 3 is 2.33 bits per heavy atom. The van der Waals surface area contributed by atoms with Crippen LogP contribution in [0.1, 0.15) is 58.4 Å². The fourth-order valence-corrected chi connectivity index (χ4v) is 3.37.